The molecule has 1 aromatic rings. The number of hydrogen-bond acceptors (Lipinski definition) is 3. The fourth-order valence-electron chi connectivity index (χ4n) is 2.09. The van der Waals surface area contributed by atoms with E-state index in [0.29, 0.717) is 12.1 Å². The molecular weight excluding hydrogens is 200 g/mol. The molecule has 1 saturated carbocycles. The van der Waals surface area contributed by atoms with Gasteiger partial charge in [0.15, 0.2) is 0 Å². The van der Waals surface area contributed by atoms with Gasteiger partial charge in [-0.15, -0.1) is 0 Å². The lowest BCUT2D eigenvalue weighted by molar-refractivity contribution is 0.0177. The van der Waals surface area contributed by atoms with Crippen LogP contribution in [0.25, 0.3) is 0 Å². The zero-order valence-electron chi connectivity index (χ0n) is 9.78. The molecule has 0 saturated heterocycles. The molecule has 1 fully saturated rings. The first-order chi connectivity index (χ1) is 7.78. The number of nitrogens with two attached hydrogens (primary N) is 1. The topological polar surface area (TPSA) is 47.3 Å². The van der Waals surface area contributed by atoms with E-state index in [2.05, 4.69) is 11.4 Å². The fourth-order valence-corrected chi connectivity index (χ4v) is 2.09. The van der Waals surface area contributed by atoms with E-state index in [0.717, 1.165) is 31.5 Å². The van der Waals surface area contributed by atoms with Gasteiger partial charge in [0.2, 0.25) is 0 Å². The van der Waals surface area contributed by atoms with Crippen molar-refractivity contribution < 1.29 is 4.74 Å². The summed E-state index contributed by atoms with van der Waals surface area (Å²) < 4.78 is 5.24. The van der Waals surface area contributed by atoms with Gasteiger partial charge in [0.25, 0.3) is 0 Å². The van der Waals surface area contributed by atoms with Crippen LogP contribution in [0.1, 0.15) is 18.4 Å². The largest absolute Gasteiger partial charge is 0.399 e. The first-order valence-electron chi connectivity index (χ1n) is 5.88. The molecule has 1 aliphatic carbocycles. The highest BCUT2D eigenvalue weighted by Crippen LogP contribution is 2.22. The van der Waals surface area contributed by atoms with Crippen molar-refractivity contribution in [3.63, 3.8) is 0 Å². The van der Waals surface area contributed by atoms with Crippen LogP contribution in [-0.4, -0.2) is 25.8 Å². The van der Waals surface area contributed by atoms with Gasteiger partial charge in [-0.25, -0.2) is 0 Å². The predicted octanol–water partition coefficient (Wildman–Crippen LogP) is 1.58. The first-order valence-corrected chi connectivity index (χ1v) is 5.88. The smallest absolute Gasteiger partial charge is 0.0601 e. The predicted molar refractivity (Wildman–Crippen MR) is 66.4 cm³/mol. The van der Waals surface area contributed by atoms with E-state index in [9.17, 15) is 0 Å². The Labute approximate surface area is 97.0 Å². The van der Waals surface area contributed by atoms with E-state index >= 15 is 0 Å². The molecule has 0 bridgehead atoms. The number of benzene rings is 1. The average molecular weight is 220 g/mol. The number of nitrogens with one attached hydrogen (secondary N) is 1. The van der Waals surface area contributed by atoms with Crippen LogP contribution in [0.3, 0.4) is 0 Å². The van der Waals surface area contributed by atoms with Crippen molar-refractivity contribution in [1.29, 1.82) is 0 Å². The first kappa shape index (κ1) is 11.4. The molecule has 88 valence electrons. The van der Waals surface area contributed by atoms with Crippen LogP contribution in [0, 0.1) is 0 Å². The fraction of sp³-hybridized carbons (Fsp3) is 0.538. The van der Waals surface area contributed by atoms with Crippen LogP contribution in [0.15, 0.2) is 24.3 Å². The number of nitrogen functional groups attached to an aromatic ring is 1. The summed E-state index contributed by atoms with van der Waals surface area (Å²) >= 11 is 0. The Hall–Kier alpha value is -1.06. The van der Waals surface area contributed by atoms with Crippen molar-refractivity contribution >= 4 is 5.69 Å². The monoisotopic (exact) mass is 220 g/mol. The Bertz CT molecular complexity index is 334. The third-order valence-electron chi connectivity index (χ3n) is 3.23. The minimum atomic E-state index is 0.477. The molecule has 0 amide bonds. The van der Waals surface area contributed by atoms with E-state index in [4.69, 9.17) is 10.5 Å². The number of ether oxygens (including phenoxy) is 1. The van der Waals surface area contributed by atoms with Gasteiger partial charge in [0, 0.05) is 18.8 Å². The van der Waals surface area contributed by atoms with Crippen LogP contribution >= 0.6 is 0 Å². The molecule has 0 unspecified atom stereocenters. The Morgan fingerprint density at radius 1 is 1.44 bits per heavy atom. The minimum absolute atomic E-state index is 0.477. The molecule has 1 aliphatic rings. The Morgan fingerprint density at radius 2 is 2.25 bits per heavy atom. The van der Waals surface area contributed by atoms with Gasteiger partial charge in [0.05, 0.1) is 6.10 Å². The summed E-state index contributed by atoms with van der Waals surface area (Å²) in [4.78, 5) is 0. The molecule has 1 aromatic carbocycles. The van der Waals surface area contributed by atoms with Crippen molar-refractivity contribution in [3.8, 4) is 0 Å². The minimum Gasteiger partial charge on any atom is -0.399 e. The second-order valence-corrected chi connectivity index (χ2v) is 4.48. The lowest BCUT2D eigenvalue weighted by atomic mass is 9.89. The van der Waals surface area contributed by atoms with E-state index in [-0.39, 0.29) is 0 Å². The zero-order valence-corrected chi connectivity index (χ0v) is 9.78. The highest BCUT2D eigenvalue weighted by Gasteiger charge is 2.27. The molecule has 0 heterocycles. The molecule has 3 heteroatoms. The van der Waals surface area contributed by atoms with Crippen LogP contribution in [0.5, 0.6) is 0 Å². The van der Waals surface area contributed by atoms with Gasteiger partial charge in [-0.2, -0.15) is 0 Å². The van der Waals surface area contributed by atoms with Crippen molar-refractivity contribution in [2.75, 3.05) is 19.4 Å². The lowest BCUT2D eigenvalue weighted by Gasteiger charge is -2.34. The summed E-state index contributed by atoms with van der Waals surface area (Å²) in [5.41, 5.74) is 7.88. The zero-order chi connectivity index (χ0) is 11.4. The summed E-state index contributed by atoms with van der Waals surface area (Å²) in [6.07, 6.45) is 3.81. The number of hydrogen-bond donors (Lipinski definition) is 2. The SMILES string of the molecule is COC1CC(NCCc2cccc(N)c2)C1. The van der Waals surface area contributed by atoms with Crippen LogP contribution in [0.2, 0.25) is 0 Å². The highest BCUT2D eigenvalue weighted by atomic mass is 16.5. The average Bonchev–Trinajstić information content (AvgIpc) is 2.21. The van der Waals surface area contributed by atoms with E-state index in [1.807, 2.05) is 18.2 Å². The van der Waals surface area contributed by atoms with Crippen molar-refractivity contribution in [2.45, 2.75) is 31.4 Å². The molecule has 0 radical (unpaired) electrons. The van der Waals surface area contributed by atoms with Gasteiger partial charge < -0.3 is 15.8 Å². The van der Waals surface area contributed by atoms with E-state index in [1.54, 1.807) is 7.11 Å². The van der Waals surface area contributed by atoms with Gasteiger partial charge in [-0.1, -0.05) is 12.1 Å². The van der Waals surface area contributed by atoms with Crippen LogP contribution < -0.4 is 11.1 Å². The second-order valence-electron chi connectivity index (χ2n) is 4.48. The number of methoxy groups -OCH3 is 1. The molecule has 0 spiro atoms. The maximum absolute atomic E-state index is 5.73. The number of rotatable bonds is 5. The third kappa shape index (κ3) is 2.97. The summed E-state index contributed by atoms with van der Waals surface area (Å²) in [5, 5.41) is 3.53. The summed E-state index contributed by atoms with van der Waals surface area (Å²) in [7, 11) is 1.79. The number of anilines is 1. The van der Waals surface area contributed by atoms with Gasteiger partial charge in [-0.05, 0) is 43.5 Å². The standard InChI is InChI=1S/C13H20N2O/c1-16-13-8-12(9-13)15-6-5-10-3-2-4-11(14)7-10/h2-4,7,12-13,15H,5-6,8-9,14H2,1H3. The van der Waals surface area contributed by atoms with E-state index < -0.39 is 0 Å². The molecular formula is C13H20N2O. The molecule has 0 atom stereocenters. The Kier molecular flexibility index (Phi) is 3.80. The summed E-state index contributed by atoms with van der Waals surface area (Å²) in [6.45, 7) is 1.02. The molecule has 0 aromatic heterocycles. The molecule has 3 nitrogen and oxygen atoms in total. The van der Waals surface area contributed by atoms with Gasteiger partial charge in [-0.3, -0.25) is 0 Å². The normalized spacial score (nSPS) is 24.1. The maximum atomic E-state index is 5.73. The lowest BCUT2D eigenvalue weighted by Crippen LogP contribution is -2.45. The molecule has 2 rings (SSSR count). The van der Waals surface area contributed by atoms with Crippen LogP contribution in [0.4, 0.5) is 5.69 Å². The molecule has 0 aliphatic heterocycles. The highest BCUT2D eigenvalue weighted by molar-refractivity contribution is 5.40. The Balaban J connectivity index is 1.65. The third-order valence-corrected chi connectivity index (χ3v) is 3.23. The van der Waals surface area contributed by atoms with E-state index in [1.165, 1.54) is 5.56 Å². The summed E-state index contributed by atoms with van der Waals surface area (Å²) in [5.74, 6) is 0. The van der Waals surface area contributed by atoms with Gasteiger partial charge in [0.1, 0.15) is 0 Å². The molecule has 16 heavy (non-hydrogen) atoms. The van der Waals surface area contributed by atoms with Crippen molar-refractivity contribution in [1.82, 2.24) is 5.32 Å². The molecule has 3 N–H and O–H groups in total. The summed E-state index contributed by atoms with van der Waals surface area (Å²) in [6, 6.07) is 8.74. The second kappa shape index (κ2) is 5.32. The maximum Gasteiger partial charge on any atom is 0.0601 e. The van der Waals surface area contributed by atoms with Crippen molar-refractivity contribution in [2.24, 2.45) is 0 Å². The van der Waals surface area contributed by atoms with Crippen LogP contribution in [-0.2, 0) is 11.2 Å². The van der Waals surface area contributed by atoms with Crippen molar-refractivity contribution in [3.05, 3.63) is 29.8 Å². The quantitative estimate of drug-likeness (QED) is 0.741. The Morgan fingerprint density at radius 3 is 2.94 bits per heavy atom. The van der Waals surface area contributed by atoms with Gasteiger partial charge >= 0.3 is 0 Å².